The van der Waals surface area contributed by atoms with E-state index in [-0.39, 0.29) is 5.54 Å². The molecule has 0 aromatic carbocycles. The molecule has 4 unspecified atom stereocenters. The van der Waals surface area contributed by atoms with Gasteiger partial charge in [-0.2, -0.15) is 0 Å². The molecule has 24 heavy (non-hydrogen) atoms. The molecule has 4 atom stereocenters. The third-order valence-corrected chi connectivity index (χ3v) is 11.1. The number of allylic oxidation sites excluding steroid dienone is 5. The molecular weight excluding hydrogens is 353 g/mol. The molecule has 0 bridgehead atoms. The second-order valence-electron chi connectivity index (χ2n) is 9.05. The van der Waals surface area contributed by atoms with Crippen LogP contribution in [0.1, 0.15) is 40.5 Å². The Bertz CT molecular complexity index is 511. The lowest BCUT2D eigenvalue weighted by molar-refractivity contribution is 0.202. The molecule has 1 saturated carbocycles. The van der Waals surface area contributed by atoms with Crippen LogP contribution in [0.5, 0.6) is 0 Å². The van der Waals surface area contributed by atoms with Crippen molar-refractivity contribution in [2.24, 2.45) is 17.8 Å². The maximum atomic E-state index is 6.70. The Morgan fingerprint density at radius 3 is 2.12 bits per heavy atom. The summed E-state index contributed by atoms with van der Waals surface area (Å²) in [5.41, 5.74) is 0.582. The molecule has 0 spiro atoms. The summed E-state index contributed by atoms with van der Waals surface area (Å²) in [4.78, 5) is 0. The van der Waals surface area contributed by atoms with E-state index in [0.717, 1.165) is 6.42 Å². The summed E-state index contributed by atoms with van der Waals surface area (Å²) in [6.45, 7) is 17.5. The first-order valence-corrected chi connectivity index (χ1v) is 12.8. The Kier molecular flexibility index (Phi) is 5.87. The number of hydrogen-bond donors (Lipinski definition) is 0. The Morgan fingerprint density at radius 2 is 1.67 bits per heavy atom. The van der Waals surface area contributed by atoms with Crippen LogP contribution in [0.3, 0.4) is 0 Å². The predicted molar refractivity (Wildman–Crippen MR) is 111 cm³/mol. The van der Waals surface area contributed by atoms with E-state index in [1.165, 1.54) is 6.42 Å². The number of alkyl halides is 2. The highest BCUT2D eigenvalue weighted by Crippen LogP contribution is 2.56. The average molecular weight is 386 g/mol. The van der Waals surface area contributed by atoms with Crippen molar-refractivity contribution in [3.8, 4) is 0 Å². The number of hydrogen-bond acceptors (Lipinski definition) is 1. The smallest absolute Gasteiger partial charge is 0.163 e. The Balaban J connectivity index is 2.41. The molecular formula is C20H33Cl2NSi. The third kappa shape index (κ3) is 3.87. The van der Waals surface area contributed by atoms with Crippen LogP contribution >= 0.6 is 23.2 Å². The van der Waals surface area contributed by atoms with Crippen LogP contribution in [0.4, 0.5) is 0 Å². The van der Waals surface area contributed by atoms with Crippen molar-refractivity contribution in [2.45, 2.75) is 69.2 Å². The predicted octanol–water partition coefficient (Wildman–Crippen LogP) is 6.77. The third-order valence-electron chi connectivity index (χ3n) is 5.80. The normalized spacial score (nSPS) is 30.7. The van der Waals surface area contributed by atoms with Crippen molar-refractivity contribution >= 4 is 31.4 Å². The topological polar surface area (TPSA) is 3.24 Å². The van der Waals surface area contributed by atoms with Crippen molar-refractivity contribution in [1.29, 1.82) is 0 Å². The first-order chi connectivity index (χ1) is 10.9. The van der Waals surface area contributed by atoms with Gasteiger partial charge in [0, 0.05) is 5.54 Å². The minimum absolute atomic E-state index is 0.0613. The van der Waals surface area contributed by atoms with Crippen LogP contribution in [0.15, 0.2) is 37.0 Å². The van der Waals surface area contributed by atoms with E-state index in [4.69, 9.17) is 23.2 Å². The molecule has 0 heterocycles. The Morgan fingerprint density at radius 1 is 1.12 bits per heavy atom. The van der Waals surface area contributed by atoms with Gasteiger partial charge >= 0.3 is 0 Å². The zero-order valence-electron chi connectivity index (χ0n) is 16.0. The molecule has 2 aliphatic carbocycles. The second-order valence-corrected chi connectivity index (χ2v) is 15.2. The number of fused-ring (bicyclic) bond motifs is 1. The van der Waals surface area contributed by atoms with Crippen LogP contribution in [0, 0.1) is 17.8 Å². The Hall–Kier alpha value is -0.0231. The largest absolute Gasteiger partial charge is 0.289 e. The molecule has 0 saturated heterocycles. The minimum Gasteiger partial charge on any atom is -0.289 e. The van der Waals surface area contributed by atoms with E-state index in [1.807, 2.05) is 6.92 Å². The number of halogens is 2. The van der Waals surface area contributed by atoms with Crippen LogP contribution < -0.4 is 0 Å². The first-order valence-electron chi connectivity index (χ1n) is 9.05. The van der Waals surface area contributed by atoms with Gasteiger partial charge in [0.05, 0.1) is 0 Å². The van der Waals surface area contributed by atoms with Crippen molar-refractivity contribution in [3.05, 3.63) is 37.0 Å². The minimum atomic E-state index is -1.90. The summed E-state index contributed by atoms with van der Waals surface area (Å²) in [6, 6.07) is 0. The summed E-state index contributed by atoms with van der Waals surface area (Å²) in [7, 11) is -1.90. The molecule has 1 fully saturated rings. The monoisotopic (exact) mass is 385 g/mol. The quantitative estimate of drug-likeness (QED) is 0.218. The summed E-state index contributed by atoms with van der Waals surface area (Å²) in [6.07, 6.45) is 13.7. The van der Waals surface area contributed by atoms with E-state index in [1.54, 1.807) is 0 Å². The summed E-state index contributed by atoms with van der Waals surface area (Å²) < 4.78 is 1.58. The number of rotatable bonds is 5. The zero-order valence-corrected chi connectivity index (χ0v) is 18.5. The molecule has 0 amide bonds. The molecule has 136 valence electrons. The van der Waals surface area contributed by atoms with Crippen LogP contribution in [0.25, 0.3) is 0 Å². The van der Waals surface area contributed by atoms with Gasteiger partial charge in [0.15, 0.2) is 4.46 Å². The standard InChI is InChI=1S/C20H33Cl2NSi/c1-8-11-15-14-18(17-13-10-9-12-16(15)17)24(6,7)23(19(2,3)4)20(5,21)22/h8-10,12-13,15-18H,1,11,14H2,2-7H3. The van der Waals surface area contributed by atoms with Gasteiger partial charge < -0.3 is 0 Å². The molecule has 0 aromatic heterocycles. The highest BCUT2D eigenvalue weighted by atomic mass is 35.5. The zero-order chi connectivity index (χ0) is 18.3. The lowest BCUT2D eigenvalue weighted by Gasteiger charge is -2.54. The highest BCUT2D eigenvalue weighted by molar-refractivity contribution is 6.78. The summed E-state index contributed by atoms with van der Waals surface area (Å²) in [5, 5.41) is 0. The molecule has 4 heteroatoms. The van der Waals surface area contributed by atoms with Gasteiger partial charge in [-0.1, -0.05) is 66.7 Å². The fraction of sp³-hybridized carbons (Fsp3) is 0.700. The van der Waals surface area contributed by atoms with E-state index < -0.39 is 12.7 Å². The summed E-state index contributed by atoms with van der Waals surface area (Å²) in [5.74, 6) is 1.91. The Labute approximate surface area is 159 Å². The van der Waals surface area contributed by atoms with Gasteiger partial charge in [0.25, 0.3) is 0 Å². The van der Waals surface area contributed by atoms with Crippen LogP contribution in [-0.2, 0) is 0 Å². The maximum absolute atomic E-state index is 6.70. The van der Waals surface area contributed by atoms with E-state index in [9.17, 15) is 0 Å². The highest BCUT2D eigenvalue weighted by Gasteiger charge is 2.55. The van der Waals surface area contributed by atoms with Gasteiger partial charge in [-0.15, -0.1) is 6.58 Å². The van der Waals surface area contributed by atoms with Gasteiger partial charge in [0.2, 0.25) is 0 Å². The van der Waals surface area contributed by atoms with E-state index in [0.29, 0.717) is 23.3 Å². The molecule has 0 radical (unpaired) electrons. The van der Waals surface area contributed by atoms with Crippen molar-refractivity contribution in [1.82, 2.24) is 4.57 Å². The molecule has 0 N–H and O–H groups in total. The molecule has 0 aliphatic heterocycles. The fourth-order valence-electron chi connectivity index (χ4n) is 5.51. The van der Waals surface area contributed by atoms with Crippen molar-refractivity contribution in [2.75, 3.05) is 0 Å². The van der Waals surface area contributed by atoms with Gasteiger partial charge in [0.1, 0.15) is 8.24 Å². The molecule has 2 rings (SSSR count). The molecule has 0 aromatic rings. The fourth-order valence-corrected chi connectivity index (χ4v) is 12.5. The van der Waals surface area contributed by atoms with E-state index in [2.05, 4.69) is 75.4 Å². The summed E-state index contributed by atoms with van der Waals surface area (Å²) >= 11 is 13.4. The van der Waals surface area contributed by atoms with Crippen molar-refractivity contribution in [3.63, 3.8) is 0 Å². The lowest BCUT2D eigenvalue weighted by Crippen LogP contribution is -2.65. The van der Waals surface area contributed by atoms with Gasteiger partial charge in [-0.05, 0) is 63.8 Å². The molecule has 2 aliphatic rings. The maximum Gasteiger partial charge on any atom is 0.163 e. The number of nitrogens with zero attached hydrogens (tertiary/aromatic N) is 1. The SMILES string of the molecule is C=CCC1CC([Si](C)(C)N(C(C)(C)C)C(C)(Cl)Cl)C2C=CC=CC12. The average Bonchev–Trinajstić information content (AvgIpc) is 2.75. The van der Waals surface area contributed by atoms with Crippen molar-refractivity contribution < 1.29 is 0 Å². The van der Waals surface area contributed by atoms with E-state index >= 15 is 0 Å². The van der Waals surface area contributed by atoms with Crippen LogP contribution in [0.2, 0.25) is 18.6 Å². The first kappa shape index (κ1) is 20.3. The van der Waals surface area contributed by atoms with Gasteiger partial charge in [-0.25, -0.2) is 0 Å². The second kappa shape index (κ2) is 6.94. The van der Waals surface area contributed by atoms with Gasteiger partial charge in [-0.3, -0.25) is 4.57 Å². The van der Waals surface area contributed by atoms with Crippen LogP contribution in [-0.4, -0.2) is 22.8 Å². The lowest BCUT2D eigenvalue weighted by atomic mass is 9.85. The molecule has 1 nitrogen and oxygen atoms in total.